The number of ketones is 1. The van der Waals surface area contributed by atoms with Gasteiger partial charge in [-0.25, -0.2) is 0 Å². The first-order valence-corrected chi connectivity index (χ1v) is 6.84. The van der Waals surface area contributed by atoms with Gasteiger partial charge in [0.1, 0.15) is 12.1 Å². The van der Waals surface area contributed by atoms with Gasteiger partial charge in [-0.1, -0.05) is 13.3 Å². The molecule has 0 rings (SSSR count). The van der Waals surface area contributed by atoms with E-state index in [4.69, 9.17) is 5.11 Å². The molecule has 0 heterocycles. The second-order valence-corrected chi connectivity index (χ2v) is 4.97. The zero-order chi connectivity index (χ0) is 14.7. The minimum absolute atomic E-state index is 0.0396. The van der Waals surface area contributed by atoms with Crippen LogP contribution in [0.5, 0.6) is 0 Å². The number of carbonyl (C=O) groups excluding carboxylic acids is 3. The van der Waals surface area contributed by atoms with Gasteiger partial charge < -0.3 is 15.2 Å². The van der Waals surface area contributed by atoms with E-state index in [9.17, 15) is 14.4 Å². The molecule has 0 saturated heterocycles. The van der Waals surface area contributed by atoms with E-state index in [2.05, 4.69) is 5.32 Å². The van der Waals surface area contributed by atoms with Gasteiger partial charge in [-0.2, -0.15) is 0 Å². The zero-order valence-corrected chi connectivity index (χ0v) is 11.9. The maximum Gasteiger partial charge on any atom is 0.220 e. The zero-order valence-electron chi connectivity index (χ0n) is 11.9. The van der Waals surface area contributed by atoms with Crippen LogP contribution in [-0.2, 0) is 14.4 Å². The summed E-state index contributed by atoms with van der Waals surface area (Å²) < 4.78 is 0. The Morgan fingerprint density at radius 3 is 2.47 bits per heavy atom. The van der Waals surface area contributed by atoms with Crippen LogP contribution in [0.1, 0.15) is 46.0 Å². The third kappa shape index (κ3) is 9.36. The lowest BCUT2D eigenvalue weighted by Crippen LogP contribution is -2.25. The molecule has 0 aliphatic rings. The number of hydrogen-bond donors (Lipinski definition) is 2. The molecule has 1 unspecified atom stereocenters. The average Bonchev–Trinajstić information content (AvgIpc) is 2.39. The SMILES string of the molecule is CC(=O)[C@@H](C)CCC(=O)NCCCCC(C=O)CO. The highest BCUT2D eigenvalue weighted by atomic mass is 16.3. The molecule has 0 aliphatic heterocycles. The Labute approximate surface area is 114 Å². The minimum Gasteiger partial charge on any atom is -0.396 e. The molecule has 0 aromatic carbocycles. The first-order valence-electron chi connectivity index (χ1n) is 6.84. The monoisotopic (exact) mass is 271 g/mol. The molecule has 0 aliphatic carbocycles. The largest absolute Gasteiger partial charge is 0.396 e. The number of aliphatic hydroxyl groups is 1. The maximum atomic E-state index is 11.5. The Bertz CT molecular complexity index is 291. The molecule has 0 spiro atoms. The van der Waals surface area contributed by atoms with Crippen LogP contribution in [0.25, 0.3) is 0 Å². The quantitative estimate of drug-likeness (QED) is 0.435. The van der Waals surface area contributed by atoms with Crippen molar-refractivity contribution in [3.63, 3.8) is 0 Å². The van der Waals surface area contributed by atoms with Crippen molar-refractivity contribution in [3.05, 3.63) is 0 Å². The van der Waals surface area contributed by atoms with Crippen LogP contribution in [0.15, 0.2) is 0 Å². The number of carbonyl (C=O) groups is 3. The number of amides is 1. The summed E-state index contributed by atoms with van der Waals surface area (Å²) in [6.45, 7) is 3.82. The van der Waals surface area contributed by atoms with Gasteiger partial charge in [-0.3, -0.25) is 9.59 Å². The molecule has 0 aromatic rings. The first-order chi connectivity index (χ1) is 9.01. The number of hydrogen-bond acceptors (Lipinski definition) is 4. The van der Waals surface area contributed by atoms with Gasteiger partial charge in [0.2, 0.25) is 5.91 Å². The van der Waals surface area contributed by atoms with Gasteiger partial charge >= 0.3 is 0 Å². The fraction of sp³-hybridized carbons (Fsp3) is 0.786. The molecular formula is C14H25NO4. The molecule has 110 valence electrons. The molecule has 0 bridgehead atoms. The van der Waals surface area contributed by atoms with E-state index >= 15 is 0 Å². The second-order valence-electron chi connectivity index (χ2n) is 4.97. The maximum absolute atomic E-state index is 11.5. The van der Waals surface area contributed by atoms with Gasteiger partial charge in [0.05, 0.1) is 6.61 Å². The molecule has 0 saturated carbocycles. The van der Waals surface area contributed by atoms with Crippen molar-refractivity contribution in [1.29, 1.82) is 0 Å². The summed E-state index contributed by atoms with van der Waals surface area (Å²) in [6.07, 6.45) is 3.96. The van der Waals surface area contributed by atoms with E-state index in [-0.39, 0.29) is 30.1 Å². The lowest BCUT2D eigenvalue weighted by atomic mass is 10.0. The van der Waals surface area contributed by atoms with Crippen LogP contribution in [0, 0.1) is 11.8 Å². The van der Waals surface area contributed by atoms with Crippen molar-refractivity contribution in [3.8, 4) is 0 Å². The molecule has 1 amide bonds. The van der Waals surface area contributed by atoms with E-state index in [0.717, 1.165) is 19.1 Å². The number of Topliss-reactive ketones (excluding diaryl/α,β-unsaturated/α-hetero) is 1. The van der Waals surface area contributed by atoms with E-state index in [1.54, 1.807) is 0 Å². The molecule has 0 radical (unpaired) electrons. The van der Waals surface area contributed by atoms with Gasteiger partial charge in [0.25, 0.3) is 0 Å². The summed E-state index contributed by atoms with van der Waals surface area (Å²) in [5.41, 5.74) is 0. The summed E-state index contributed by atoms with van der Waals surface area (Å²) >= 11 is 0. The summed E-state index contributed by atoms with van der Waals surface area (Å²) in [5, 5.41) is 11.6. The molecule has 5 nitrogen and oxygen atoms in total. The Morgan fingerprint density at radius 1 is 1.26 bits per heavy atom. The minimum atomic E-state index is -0.285. The van der Waals surface area contributed by atoms with E-state index in [0.29, 0.717) is 25.8 Å². The molecule has 19 heavy (non-hydrogen) atoms. The molecular weight excluding hydrogens is 246 g/mol. The van der Waals surface area contributed by atoms with Crippen LogP contribution in [-0.4, -0.2) is 36.2 Å². The highest BCUT2D eigenvalue weighted by Crippen LogP contribution is 2.07. The second kappa shape index (κ2) is 10.7. The summed E-state index contributed by atoms with van der Waals surface area (Å²) in [5.74, 6) is -0.283. The molecule has 2 N–H and O–H groups in total. The van der Waals surface area contributed by atoms with Gasteiger partial charge in [0.15, 0.2) is 0 Å². The number of rotatable bonds is 11. The van der Waals surface area contributed by atoms with Crippen molar-refractivity contribution in [2.75, 3.05) is 13.2 Å². The summed E-state index contributed by atoms with van der Waals surface area (Å²) in [6, 6.07) is 0. The van der Waals surface area contributed by atoms with E-state index in [1.807, 2.05) is 6.92 Å². The number of nitrogens with one attached hydrogen (secondary N) is 1. The molecule has 5 heteroatoms. The molecule has 0 fully saturated rings. The predicted octanol–water partition coefficient (Wildman–Crippen LogP) is 1.09. The van der Waals surface area contributed by atoms with Gasteiger partial charge in [-0.05, 0) is 26.2 Å². The fourth-order valence-corrected chi connectivity index (χ4v) is 1.60. The fourth-order valence-electron chi connectivity index (χ4n) is 1.60. The van der Waals surface area contributed by atoms with Crippen LogP contribution in [0.3, 0.4) is 0 Å². The molecule has 2 atom stereocenters. The van der Waals surface area contributed by atoms with Crippen molar-refractivity contribution >= 4 is 18.0 Å². The average molecular weight is 271 g/mol. The predicted molar refractivity (Wildman–Crippen MR) is 72.6 cm³/mol. The van der Waals surface area contributed by atoms with Crippen molar-refractivity contribution < 1.29 is 19.5 Å². The van der Waals surface area contributed by atoms with Crippen LogP contribution in [0.4, 0.5) is 0 Å². The highest BCUT2D eigenvalue weighted by molar-refractivity contribution is 5.80. The summed E-state index contributed by atoms with van der Waals surface area (Å²) in [7, 11) is 0. The van der Waals surface area contributed by atoms with Crippen LogP contribution >= 0.6 is 0 Å². The third-order valence-corrected chi connectivity index (χ3v) is 3.25. The Hall–Kier alpha value is -1.23. The molecule has 0 aromatic heterocycles. The number of aldehydes is 1. The first kappa shape index (κ1) is 17.8. The Kier molecular flexibility index (Phi) is 9.98. The van der Waals surface area contributed by atoms with Crippen LogP contribution in [0.2, 0.25) is 0 Å². The topological polar surface area (TPSA) is 83.5 Å². The van der Waals surface area contributed by atoms with Gasteiger partial charge in [-0.15, -0.1) is 0 Å². The van der Waals surface area contributed by atoms with E-state index in [1.165, 1.54) is 6.92 Å². The van der Waals surface area contributed by atoms with Crippen molar-refractivity contribution in [2.45, 2.75) is 46.0 Å². The van der Waals surface area contributed by atoms with Crippen LogP contribution < -0.4 is 5.32 Å². The summed E-state index contributed by atoms with van der Waals surface area (Å²) in [4.78, 5) is 32.9. The third-order valence-electron chi connectivity index (χ3n) is 3.25. The number of unbranched alkanes of at least 4 members (excludes halogenated alkanes) is 1. The van der Waals surface area contributed by atoms with E-state index < -0.39 is 0 Å². The Balaban J connectivity index is 3.53. The standard InChI is InChI=1S/C14H25NO4/c1-11(12(2)18)6-7-14(19)15-8-4-3-5-13(9-16)10-17/h9,11,13,17H,3-8,10H2,1-2H3,(H,15,19)/t11-,13?/m0/s1. The lowest BCUT2D eigenvalue weighted by molar-refractivity contribution is -0.122. The Morgan fingerprint density at radius 2 is 1.95 bits per heavy atom. The van der Waals surface area contributed by atoms with Gasteiger partial charge in [0, 0.05) is 24.8 Å². The van der Waals surface area contributed by atoms with Crippen molar-refractivity contribution in [1.82, 2.24) is 5.32 Å². The number of aliphatic hydroxyl groups excluding tert-OH is 1. The normalized spacial score (nSPS) is 13.6. The smallest absolute Gasteiger partial charge is 0.220 e. The van der Waals surface area contributed by atoms with Crippen molar-refractivity contribution in [2.24, 2.45) is 11.8 Å². The highest BCUT2D eigenvalue weighted by Gasteiger charge is 2.10. The lowest BCUT2D eigenvalue weighted by Gasteiger charge is -2.09.